The van der Waals surface area contributed by atoms with Crippen LogP contribution in [0.4, 0.5) is 0 Å². The van der Waals surface area contributed by atoms with Gasteiger partial charge in [0.05, 0.1) is 5.30 Å². The average Bonchev–Trinajstić information content (AvgIpc) is 2.76. The van der Waals surface area contributed by atoms with Crippen LogP contribution in [0.1, 0.15) is 111 Å². The van der Waals surface area contributed by atoms with E-state index in [0.29, 0.717) is 0 Å². The summed E-state index contributed by atoms with van der Waals surface area (Å²) in [7, 11) is -1.42. The van der Waals surface area contributed by atoms with Crippen molar-refractivity contribution in [3.63, 3.8) is 0 Å². The quantitative estimate of drug-likeness (QED) is 0.304. The molecular weight excluding hydrogens is 483 g/mol. The third-order valence-corrected chi connectivity index (χ3v) is 8.36. The lowest BCUT2D eigenvalue weighted by molar-refractivity contribution is 0.466. The molecule has 0 fully saturated rings. The fourth-order valence-corrected chi connectivity index (χ4v) is 5.61. The summed E-state index contributed by atoms with van der Waals surface area (Å²) < 4.78 is 13.8. The Hall–Kier alpha value is -2.31. The van der Waals surface area contributed by atoms with Crippen molar-refractivity contribution in [1.29, 1.82) is 0 Å². The fraction of sp³-hybridized carbons (Fsp3) is 0.486. The third-order valence-electron chi connectivity index (χ3n) is 6.91. The Kier molecular flexibility index (Phi) is 8.51. The number of benzene rings is 3. The Morgan fingerprint density at radius 3 is 1.16 bits per heavy atom. The van der Waals surface area contributed by atoms with E-state index in [9.17, 15) is 0 Å². The lowest BCUT2D eigenvalue weighted by Crippen LogP contribution is -2.20. The first-order valence-electron chi connectivity index (χ1n) is 13.8. The van der Waals surface area contributed by atoms with E-state index in [1.165, 1.54) is 27.8 Å². The van der Waals surface area contributed by atoms with Gasteiger partial charge in [-0.3, -0.25) is 0 Å². The van der Waals surface area contributed by atoms with Crippen LogP contribution < -0.4 is 14.4 Å². The van der Waals surface area contributed by atoms with Gasteiger partial charge >= 0.3 is 8.38 Å². The summed E-state index contributed by atoms with van der Waals surface area (Å²) in [4.78, 5) is 0. The minimum Gasteiger partial charge on any atom is -0.435 e. The van der Waals surface area contributed by atoms with E-state index < -0.39 is 8.38 Å². The van der Waals surface area contributed by atoms with Crippen LogP contribution in [0.3, 0.4) is 0 Å². The van der Waals surface area contributed by atoms with Crippen LogP contribution in [-0.4, -0.2) is 0 Å². The van der Waals surface area contributed by atoms with Crippen molar-refractivity contribution in [2.45, 2.75) is 112 Å². The van der Waals surface area contributed by atoms with Gasteiger partial charge < -0.3 is 9.05 Å². The van der Waals surface area contributed by atoms with Crippen molar-refractivity contribution in [2.75, 3.05) is 0 Å². The summed E-state index contributed by atoms with van der Waals surface area (Å²) in [5.41, 5.74) is 6.22. The molecule has 0 spiro atoms. The van der Waals surface area contributed by atoms with E-state index in [4.69, 9.17) is 9.05 Å². The van der Waals surface area contributed by atoms with Crippen molar-refractivity contribution in [3.8, 4) is 11.5 Å². The van der Waals surface area contributed by atoms with Gasteiger partial charge in [0.1, 0.15) is 11.5 Å². The lowest BCUT2D eigenvalue weighted by atomic mass is 9.80. The van der Waals surface area contributed by atoms with Crippen LogP contribution >= 0.6 is 8.38 Å². The Balaban J connectivity index is 2.14. The zero-order chi connectivity index (χ0) is 28.7. The van der Waals surface area contributed by atoms with E-state index in [0.717, 1.165) is 16.8 Å². The molecule has 0 heterocycles. The van der Waals surface area contributed by atoms with Gasteiger partial charge in [-0.15, -0.1) is 0 Å². The molecule has 0 radical (unpaired) electrons. The Morgan fingerprint density at radius 1 is 0.474 bits per heavy atom. The molecule has 3 heteroatoms. The molecule has 3 aromatic carbocycles. The smallest absolute Gasteiger partial charge is 0.326 e. The molecule has 0 amide bonds. The van der Waals surface area contributed by atoms with Gasteiger partial charge in [-0.05, 0) is 64.0 Å². The summed E-state index contributed by atoms with van der Waals surface area (Å²) in [5.74, 6) is 1.78. The van der Waals surface area contributed by atoms with E-state index >= 15 is 0 Å². The summed E-state index contributed by atoms with van der Waals surface area (Å²) in [5, 5.41) is 1.06. The highest BCUT2D eigenvalue weighted by atomic mass is 31.2. The van der Waals surface area contributed by atoms with Crippen molar-refractivity contribution >= 4 is 13.7 Å². The molecule has 0 saturated heterocycles. The summed E-state index contributed by atoms with van der Waals surface area (Å²) in [6.45, 7) is 29.1. The summed E-state index contributed by atoms with van der Waals surface area (Å²) in [6, 6.07) is 21.9. The predicted octanol–water partition coefficient (Wildman–Crippen LogP) is 10.3. The van der Waals surface area contributed by atoms with E-state index in [-0.39, 0.29) is 21.7 Å². The van der Waals surface area contributed by atoms with Crippen molar-refractivity contribution in [2.24, 2.45) is 0 Å². The molecule has 0 atom stereocenters. The largest absolute Gasteiger partial charge is 0.435 e. The first kappa shape index (κ1) is 30.2. The molecule has 38 heavy (non-hydrogen) atoms. The normalized spacial score (nSPS) is 13.1. The zero-order valence-electron chi connectivity index (χ0n) is 26.0. The first-order chi connectivity index (χ1) is 17.3. The maximum absolute atomic E-state index is 6.88. The van der Waals surface area contributed by atoms with Crippen molar-refractivity contribution in [3.05, 3.63) is 88.5 Å². The Morgan fingerprint density at radius 2 is 0.842 bits per heavy atom. The Bertz CT molecular complexity index is 1170. The van der Waals surface area contributed by atoms with Crippen LogP contribution in [0.25, 0.3) is 0 Å². The summed E-state index contributed by atoms with van der Waals surface area (Å²) in [6.07, 6.45) is 0. The molecule has 0 aliphatic rings. The molecule has 0 aliphatic heterocycles. The highest BCUT2D eigenvalue weighted by Crippen LogP contribution is 2.47. The molecule has 3 aromatic rings. The van der Waals surface area contributed by atoms with E-state index in [1.54, 1.807) is 0 Å². The molecule has 206 valence electrons. The van der Waals surface area contributed by atoms with Crippen LogP contribution in [0.2, 0.25) is 0 Å². The van der Waals surface area contributed by atoms with Gasteiger partial charge in [0.2, 0.25) is 0 Å². The van der Waals surface area contributed by atoms with Crippen LogP contribution in [0, 0.1) is 6.92 Å². The maximum Gasteiger partial charge on any atom is 0.326 e. The number of rotatable bonds is 5. The van der Waals surface area contributed by atoms with E-state index in [2.05, 4.69) is 151 Å². The molecule has 0 unspecified atom stereocenters. The number of hydrogen-bond donors (Lipinski definition) is 0. The second-order valence-electron chi connectivity index (χ2n) is 14.7. The second kappa shape index (κ2) is 10.7. The Labute approximate surface area is 234 Å². The minimum absolute atomic E-state index is 0.0626. The van der Waals surface area contributed by atoms with Crippen LogP contribution in [0.5, 0.6) is 11.5 Å². The topological polar surface area (TPSA) is 18.5 Å². The molecule has 0 aromatic heterocycles. The molecular formula is C35H49O2P. The van der Waals surface area contributed by atoms with Gasteiger partial charge in [0.25, 0.3) is 0 Å². The SMILES string of the molecule is Cc1ccc(P(Oc2ccc(C(C)(C)C)cc2C(C)(C)C)Oc2ccc(C(C)(C)C)cc2C(C)(C)C)cc1. The minimum atomic E-state index is -1.42. The molecule has 0 bridgehead atoms. The number of aryl methyl sites for hydroxylation is 1. The van der Waals surface area contributed by atoms with E-state index in [1.807, 2.05) is 0 Å². The van der Waals surface area contributed by atoms with Gasteiger partial charge in [0.15, 0.2) is 0 Å². The lowest BCUT2D eigenvalue weighted by Gasteiger charge is -2.30. The predicted molar refractivity (Wildman–Crippen MR) is 167 cm³/mol. The fourth-order valence-electron chi connectivity index (χ4n) is 4.29. The maximum atomic E-state index is 6.88. The molecule has 0 N–H and O–H groups in total. The highest BCUT2D eigenvalue weighted by Gasteiger charge is 2.29. The molecule has 3 rings (SSSR count). The average molecular weight is 533 g/mol. The van der Waals surface area contributed by atoms with Gasteiger partial charge in [0, 0.05) is 11.1 Å². The first-order valence-corrected chi connectivity index (χ1v) is 15.0. The van der Waals surface area contributed by atoms with Crippen molar-refractivity contribution < 1.29 is 9.05 Å². The van der Waals surface area contributed by atoms with Gasteiger partial charge in [-0.1, -0.05) is 125 Å². The zero-order valence-corrected chi connectivity index (χ0v) is 26.9. The van der Waals surface area contributed by atoms with Crippen LogP contribution in [-0.2, 0) is 21.7 Å². The number of hydrogen-bond acceptors (Lipinski definition) is 2. The standard InChI is InChI=1S/C35H49O2P/c1-24-14-18-27(19-15-24)38(36-30-20-16-25(32(2,3)4)22-28(30)34(8,9)10)37-31-21-17-26(33(5,6)7)23-29(31)35(11,12)13/h14-23H,1-13H3. The summed E-state index contributed by atoms with van der Waals surface area (Å²) >= 11 is 0. The highest BCUT2D eigenvalue weighted by molar-refractivity contribution is 7.56. The van der Waals surface area contributed by atoms with Crippen molar-refractivity contribution in [1.82, 2.24) is 0 Å². The second-order valence-corrected chi connectivity index (χ2v) is 16.1. The van der Waals surface area contributed by atoms with Gasteiger partial charge in [-0.25, -0.2) is 0 Å². The molecule has 0 aliphatic carbocycles. The monoisotopic (exact) mass is 532 g/mol. The molecule has 2 nitrogen and oxygen atoms in total. The molecule has 0 saturated carbocycles. The van der Waals surface area contributed by atoms with Gasteiger partial charge in [-0.2, -0.15) is 0 Å². The third kappa shape index (κ3) is 7.41. The van der Waals surface area contributed by atoms with Crippen LogP contribution in [0.15, 0.2) is 60.7 Å².